The van der Waals surface area contributed by atoms with Gasteiger partial charge in [-0.15, -0.1) is 12.4 Å². The van der Waals surface area contributed by atoms with Gasteiger partial charge in [0, 0.05) is 23.8 Å². The first-order chi connectivity index (χ1) is 10.1. The van der Waals surface area contributed by atoms with Crippen molar-refractivity contribution in [3.05, 3.63) is 29.3 Å². The topological polar surface area (TPSA) is 46.3 Å². The lowest BCUT2D eigenvalue weighted by Gasteiger charge is -2.30. The third-order valence-corrected chi connectivity index (χ3v) is 4.92. The number of amides is 1. The number of nitrogen functional groups attached to an aromatic ring is 1. The Labute approximate surface area is 139 Å². The molecule has 3 rings (SSSR count). The minimum atomic E-state index is 0. The number of halogens is 1. The zero-order valence-corrected chi connectivity index (χ0v) is 14.2. The zero-order valence-electron chi connectivity index (χ0n) is 13.4. The lowest BCUT2D eigenvalue weighted by atomic mass is 9.88. The smallest absolute Gasteiger partial charge is 0.254 e. The molecule has 0 saturated heterocycles. The number of hydrogen-bond donors (Lipinski definition) is 1. The van der Waals surface area contributed by atoms with E-state index in [4.69, 9.17) is 5.73 Å². The summed E-state index contributed by atoms with van der Waals surface area (Å²) >= 11 is 0. The van der Waals surface area contributed by atoms with E-state index in [1.807, 2.05) is 25.1 Å². The second-order valence-electron chi connectivity index (χ2n) is 6.77. The minimum Gasteiger partial charge on any atom is -0.399 e. The second-order valence-corrected chi connectivity index (χ2v) is 6.77. The first kappa shape index (κ1) is 17.1. The highest BCUT2D eigenvalue weighted by Crippen LogP contribution is 2.33. The second kappa shape index (κ2) is 7.36. The molecule has 0 atom stereocenters. The maximum absolute atomic E-state index is 12.9. The number of rotatable bonds is 4. The number of aryl methyl sites for hydroxylation is 1. The van der Waals surface area contributed by atoms with Gasteiger partial charge in [-0.1, -0.05) is 25.3 Å². The molecule has 1 aromatic rings. The highest BCUT2D eigenvalue weighted by atomic mass is 35.5. The van der Waals surface area contributed by atoms with E-state index in [9.17, 15) is 4.79 Å². The number of anilines is 1. The first-order valence-electron chi connectivity index (χ1n) is 8.32. The van der Waals surface area contributed by atoms with Crippen LogP contribution in [-0.4, -0.2) is 23.4 Å². The predicted octanol–water partition coefficient (Wildman–Crippen LogP) is 4.18. The Hall–Kier alpha value is -1.22. The van der Waals surface area contributed by atoms with Crippen LogP contribution in [0.1, 0.15) is 60.9 Å². The minimum absolute atomic E-state index is 0. The highest BCUT2D eigenvalue weighted by Gasteiger charge is 2.35. The van der Waals surface area contributed by atoms with Crippen molar-refractivity contribution in [1.29, 1.82) is 0 Å². The number of benzene rings is 1. The summed E-state index contributed by atoms with van der Waals surface area (Å²) in [6.45, 7) is 2.94. The molecule has 0 spiro atoms. The fraction of sp³-hybridized carbons (Fsp3) is 0.611. The molecule has 2 aliphatic carbocycles. The molecule has 122 valence electrons. The third-order valence-electron chi connectivity index (χ3n) is 4.92. The SMILES string of the molecule is Cc1ccc(N)cc1C(=O)N(CC1CCCCC1)C1CC1.Cl. The van der Waals surface area contributed by atoms with Gasteiger partial charge in [-0.2, -0.15) is 0 Å². The van der Waals surface area contributed by atoms with Gasteiger partial charge in [0.15, 0.2) is 0 Å². The van der Waals surface area contributed by atoms with Gasteiger partial charge in [0.05, 0.1) is 0 Å². The van der Waals surface area contributed by atoms with E-state index < -0.39 is 0 Å². The summed E-state index contributed by atoms with van der Waals surface area (Å²) in [6, 6.07) is 6.14. The molecule has 0 aliphatic heterocycles. The standard InChI is InChI=1S/C18H26N2O.ClH/c1-13-7-8-15(19)11-17(13)18(21)20(16-9-10-16)12-14-5-3-2-4-6-14;/h7-8,11,14,16H,2-6,9-10,12,19H2,1H3;1H. The molecule has 1 amide bonds. The number of hydrogen-bond acceptors (Lipinski definition) is 2. The Balaban J connectivity index is 0.00000176. The van der Waals surface area contributed by atoms with Gasteiger partial charge in [-0.25, -0.2) is 0 Å². The number of carbonyl (C=O) groups excluding carboxylic acids is 1. The van der Waals surface area contributed by atoms with Crippen molar-refractivity contribution < 1.29 is 4.79 Å². The van der Waals surface area contributed by atoms with Gasteiger partial charge in [-0.05, 0) is 56.2 Å². The number of nitrogens with two attached hydrogens (primary N) is 1. The normalized spacial score (nSPS) is 18.6. The third kappa shape index (κ3) is 3.95. The predicted molar refractivity (Wildman–Crippen MR) is 93.5 cm³/mol. The van der Waals surface area contributed by atoms with Crippen molar-refractivity contribution in [2.24, 2.45) is 5.92 Å². The monoisotopic (exact) mass is 322 g/mol. The Bertz CT molecular complexity index is 522. The van der Waals surface area contributed by atoms with E-state index in [-0.39, 0.29) is 18.3 Å². The summed E-state index contributed by atoms with van der Waals surface area (Å²) in [7, 11) is 0. The van der Waals surface area contributed by atoms with Gasteiger partial charge in [-0.3, -0.25) is 4.79 Å². The summed E-state index contributed by atoms with van der Waals surface area (Å²) in [4.78, 5) is 15.1. The molecule has 0 bridgehead atoms. The van der Waals surface area contributed by atoms with Crippen molar-refractivity contribution in [3.63, 3.8) is 0 Å². The largest absolute Gasteiger partial charge is 0.399 e. The molecular formula is C18H27ClN2O. The fourth-order valence-electron chi connectivity index (χ4n) is 3.46. The molecule has 0 radical (unpaired) electrons. The molecule has 3 nitrogen and oxygen atoms in total. The summed E-state index contributed by atoms with van der Waals surface area (Å²) in [5.41, 5.74) is 8.37. The van der Waals surface area contributed by atoms with E-state index >= 15 is 0 Å². The molecular weight excluding hydrogens is 296 g/mol. The number of carbonyl (C=O) groups is 1. The van der Waals surface area contributed by atoms with Gasteiger partial charge in [0.1, 0.15) is 0 Å². The van der Waals surface area contributed by atoms with Crippen LogP contribution in [0.2, 0.25) is 0 Å². The molecule has 22 heavy (non-hydrogen) atoms. The van der Waals surface area contributed by atoms with Crippen molar-refractivity contribution in [3.8, 4) is 0 Å². The Morgan fingerprint density at radius 2 is 1.86 bits per heavy atom. The van der Waals surface area contributed by atoms with E-state index in [0.29, 0.717) is 17.6 Å². The van der Waals surface area contributed by atoms with Crippen LogP contribution in [0, 0.1) is 12.8 Å². The first-order valence-corrected chi connectivity index (χ1v) is 8.32. The molecule has 1 aromatic carbocycles. The summed E-state index contributed by atoms with van der Waals surface area (Å²) in [5.74, 6) is 0.887. The Morgan fingerprint density at radius 3 is 2.50 bits per heavy atom. The Kier molecular flexibility index (Phi) is 5.74. The van der Waals surface area contributed by atoms with Crippen molar-refractivity contribution in [1.82, 2.24) is 4.90 Å². The van der Waals surface area contributed by atoms with E-state index in [2.05, 4.69) is 4.90 Å². The molecule has 2 aliphatic rings. The van der Waals surface area contributed by atoms with Crippen LogP contribution in [-0.2, 0) is 0 Å². The van der Waals surface area contributed by atoms with Crippen LogP contribution in [0.15, 0.2) is 18.2 Å². The van der Waals surface area contributed by atoms with Crippen molar-refractivity contribution in [2.75, 3.05) is 12.3 Å². The van der Waals surface area contributed by atoms with Crippen molar-refractivity contribution >= 4 is 24.0 Å². The summed E-state index contributed by atoms with van der Waals surface area (Å²) in [5, 5.41) is 0. The summed E-state index contributed by atoms with van der Waals surface area (Å²) in [6.07, 6.45) is 8.92. The van der Waals surface area contributed by atoms with Crippen LogP contribution < -0.4 is 5.73 Å². The average Bonchev–Trinajstić information content (AvgIpc) is 3.32. The molecule has 0 aromatic heterocycles. The van der Waals surface area contributed by atoms with Gasteiger partial charge < -0.3 is 10.6 Å². The molecule has 0 heterocycles. The molecule has 2 fully saturated rings. The maximum atomic E-state index is 12.9. The van der Waals surface area contributed by atoms with Gasteiger partial charge in [0.25, 0.3) is 5.91 Å². The Morgan fingerprint density at radius 1 is 1.18 bits per heavy atom. The number of nitrogens with zero attached hydrogens (tertiary/aromatic N) is 1. The fourth-order valence-corrected chi connectivity index (χ4v) is 3.46. The van der Waals surface area contributed by atoms with E-state index in [0.717, 1.165) is 17.7 Å². The van der Waals surface area contributed by atoms with Crippen LogP contribution in [0.25, 0.3) is 0 Å². The van der Waals surface area contributed by atoms with Crippen LogP contribution in [0.3, 0.4) is 0 Å². The lowest BCUT2D eigenvalue weighted by Crippen LogP contribution is -2.38. The zero-order chi connectivity index (χ0) is 14.8. The summed E-state index contributed by atoms with van der Waals surface area (Å²) < 4.78 is 0. The molecule has 0 unspecified atom stereocenters. The molecule has 2 saturated carbocycles. The van der Waals surface area contributed by atoms with Crippen LogP contribution >= 0.6 is 12.4 Å². The van der Waals surface area contributed by atoms with Gasteiger partial charge >= 0.3 is 0 Å². The lowest BCUT2D eigenvalue weighted by molar-refractivity contribution is 0.0698. The van der Waals surface area contributed by atoms with Crippen molar-refractivity contribution in [2.45, 2.75) is 57.9 Å². The van der Waals surface area contributed by atoms with Crippen LogP contribution in [0.5, 0.6) is 0 Å². The highest BCUT2D eigenvalue weighted by molar-refractivity contribution is 5.96. The van der Waals surface area contributed by atoms with Gasteiger partial charge in [0.2, 0.25) is 0 Å². The van der Waals surface area contributed by atoms with E-state index in [1.165, 1.54) is 44.9 Å². The average molecular weight is 323 g/mol. The van der Waals surface area contributed by atoms with Crippen LogP contribution in [0.4, 0.5) is 5.69 Å². The van der Waals surface area contributed by atoms with E-state index in [1.54, 1.807) is 0 Å². The molecule has 4 heteroatoms. The maximum Gasteiger partial charge on any atom is 0.254 e. The molecule has 2 N–H and O–H groups in total. The quantitative estimate of drug-likeness (QED) is 0.845.